The van der Waals surface area contributed by atoms with Crippen molar-refractivity contribution in [3.8, 4) is 0 Å². The third-order valence-electron chi connectivity index (χ3n) is 2.76. The summed E-state index contributed by atoms with van der Waals surface area (Å²) in [5, 5.41) is 0. The maximum absolute atomic E-state index is 5.45. The van der Waals surface area contributed by atoms with Gasteiger partial charge in [-0.25, -0.2) is 0 Å². The van der Waals surface area contributed by atoms with E-state index in [2.05, 4.69) is 11.5 Å². The fourth-order valence-electron chi connectivity index (χ4n) is 1.45. The number of hydrogen-bond acceptors (Lipinski definition) is 3. The second-order valence-electron chi connectivity index (χ2n) is 4.23. The number of hydrogen-bond donors (Lipinski definition) is 1. The van der Waals surface area contributed by atoms with Gasteiger partial charge in [0.05, 0.1) is 5.84 Å². The highest BCUT2D eigenvalue weighted by Crippen LogP contribution is 2.16. The molecule has 0 rings (SSSR count). The molecule has 0 aliphatic carbocycles. The van der Waals surface area contributed by atoms with E-state index >= 15 is 0 Å². The van der Waals surface area contributed by atoms with Crippen LogP contribution in [0.15, 0.2) is 4.99 Å². The first-order chi connectivity index (χ1) is 7.54. The molecule has 0 aromatic carbocycles. The predicted molar refractivity (Wildman–Crippen MR) is 71.1 cm³/mol. The Morgan fingerprint density at radius 2 is 1.69 bits per heavy atom. The fourth-order valence-corrected chi connectivity index (χ4v) is 2.92. The maximum Gasteiger partial charge on any atom is 0.334 e. The summed E-state index contributed by atoms with van der Waals surface area (Å²) in [7, 11) is 1.66. The van der Waals surface area contributed by atoms with Crippen LogP contribution in [0.1, 0.15) is 32.6 Å². The Bertz CT molecular complexity index is 202. The van der Waals surface area contributed by atoms with E-state index < -0.39 is 8.56 Å². The zero-order valence-electron chi connectivity index (χ0n) is 11.1. The van der Waals surface area contributed by atoms with Gasteiger partial charge in [-0.05, 0) is 25.9 Å². The van der Waals surface area contributed by atoms with E-state index in [4.69, 9.17) is 14.6 Å². The summed E-state index contributed by atoms with van der Waals surface area (Å²) in [5.41, 5.74) is 5.45. The average molecular weight is 246 g/mol. The molecule has 0 aliphatic heterocycles. The summed E-state index contributed by atoms with van der Waals surface area (Å²) >= 11 is 0. The summed E-state index contributed by atoms with van der Waals surface area (Å²) in [4.78, 5) is 4.16. The van der Waals surface area contributed by atoms with E-state index in [0.717, 1.165) is 19.0 Å². The van der Waals surface area contributed by atoms with Crippen LogP contribution in [0, 0.1) is 0 Å². The first-order valence-electron chi connectivity index (χ1n) is 5.91. The molecule has 0 spiro atoms. The van der Waals surface area contributed by atoms with Crippen LogP contribution in [0.3, 0.4) is 0 Å². The van der Waals surface area contributed by atoms with Crippen LogP contribution < -0.4 is 5.73 Å². The smallest absolute Gasteiger partial charge is 0.334 e. The molecular weight excluding hydrogens is 220 g/mol. The molecule has 0 radical (unpaired) electrons. The molecule has 0 saturated carbocycles. The van der Waals surface area contributed by atoms with Crippen LogP contribution in [-0.2, 0) is 8.85 Å². The average Bonchev–Trinajstić information content (AvgIpc) is 2.27. The molecule has 0 aromatic rings. The number of rotatable bonds is 9. The van der Waals surface area contributed by atoms with E-state index in [9.17, 15) is 0 Å². The Hall–Kier alpha value is -0.393. The summed E-state index contributed by atoms with van der Waals surface area (Å²) in [6.45, 7) is 4.79. The zero-order valence-corrected chi connectivity index (χ0v) is 12.1. The third kappa shape index (κ3) is 7.84. The van der Waals surface area contributed by atoms with Crippen LogP contribution in [0.4, 0.5) is 0 Å². The summed E-state index contributed by atoms with van der Waals surface area (Å²) in [5.74, 6) is 0.679. The lowest BCUT2D eigenvalue weighted by atomic mass is 10.2. The number of aliphatic imine (C=N–C) groups is 1. The van der Waals surface area contributed by atoms with Crippen LogP contribution in [-0.4, -0.2) is 35.2 Å². The molecule has 96 valence electrons. The van der Waals surface area contributed by atoms with Gasteiger partial charge in [0.25, 0.3) is 0 Å². The minimum atomic E-state index is -1.83. The Morgan fingerprint density at radius 3 is 2.19 bits per heavy atom. The molecule has 0 aromatic heterocycles. The molecule has 0 fully saturated rings. The van der Waals surface area contributed by atoms with Gasteiger partial charge in [-0.3, -0.25) is 4.99 Å². The topological polar surface area (TPSA) is 56.8 Å². The van der Waals surface area contributed by atoms with Gasteiger partial charge in [0.2, 0.25) is 0 Å². The number of unbranched alkanes of at least 4 members (excludes halogenated alkanes) is 3. The highest BCUT2D eigenvalue weighted by atomic mass is 28.4. The quantitative estimate of drug-likeness (QED) is 0.294. The van der Waals surface area contributed by atoms with E-state index in [1.807, 2.05) is 6.92 Å². The third-order valence-corrected chi connectivity index (χ3v) is 5.75. The standard InChI is InChI=1S/C11H26N2O2Si/c1-11(12)13-9-7-5-6-8-10-16(4,14-2)15-3/h5-10H2,1-4H3,(H2,12,13). The van der Waals surface area contributed by atoms with Crippen molar-refractivity contribution in [3.05, 3.63) is 0 Å². The Balaban J connectivity index is 3.43. The molecular formula is C11H26N2O2Si. The number of nitrogens with zero attached hydrogens (tertiary/aromatic N) is 1. The van der Waals surface area contributed by atoms with Gasteiger partial charge in [0, 0.05) is 20.8 Å². The van der Waals surface area contributed by atoms with E-state index in [1.165, 1.54) is 19.3 Å². The summed E-state index contributed by atoms with van der Waals surface area (Å²) in [6.07, 6.45) is 4.71. The molecule has 0 heterocycles. The Kier molecular flexibility index (Phi) is 8.51. The predicted octanol–water partition coefficient (Wildman–Crippen LogP) is 2.29. The lowest BCUT2D eigenvalue weighted by Crippen LogP contribution is -2.35. The number of nitrogens with two attached hydrogens (primary N) is 1. The normalized spacial score (nSPS) is 13.1. The summed E-state index contributed by atoms with van der Waals surface area (Å²) in [6, 6.07) is 1.07. The van der Waals surface area contributed by atoms with Crippen molar-refractivity contribution in [2.45, 2.75) is 45.2 Å². The first kappa shape index (κ1) is 15.6. The second kappa shape index (κ2) is 8.72. The van der Waals surface area contributed by atoms with Gasteiger partial charge in [0.1, 0.15) is 0 Å². The first-order valence-corrected chi connectivity index (χ1v) is 8.43. The molecule has 2 N–H and O–H groups in total. The lowest BCUT2D eigenvalue weighted by molar-refractivity contribution is 0.248. The van der Waals surface area contributed by atoms with E-state index in [-0.39, 0.29) is 0 Å². The highest BCUT2D eigenvalue weighted by Gasteiger charge is 2.27. The van der Waals surface area contributed by atoms with Gasteiger partial charge >= 0.3 is 8.56 Å². The van der Waals surface area contributed by atoms with Crippen molar-refractivity contribution in [2.75, 3.05) is 20.8 Å². The minimum absolute atomic E-state index is 0.679. The molecule has 0 atom stereocenters. The van der Waals surface area contributed by atoms with Crippen LogP contribution in [0.5, 0.6) is 0 Å². The van der Waals surface area contributed by atoms with Gasteiger partial charge < -0.3 is 14.6 Å². The monoisotopic (exact) mass is 246 g/mol. The molecule has 5 heteroatoms. The molecule has 0 amide bonds. The van der Waals surface area contributed by atoms with Crippen molar-refractivity contribution in [1.29, 1.82) is 0 Å². The van der Waals surface area contributed by atoms with Crippen LogP contribution >= 0.6 is 0 Å². The van der Waals surface area contributed by atoms with Gasteiger partial charge in [0.15, 0.2) is 0 Å². The zero-order chi connectivity index (χ0) is 12.4. The van der Waals surface area contributed by atoms with Gasteiger partial charge in [-0.1, -0.05) is 19.3 Å². The van der Waals surface area contributed by atoms with Crippen molar-refractivity contribution < 1.29 is 8.85 Å². The fraction of sp³-hybridized carbons (Fsp3) is 0.909. The molecule has 4 nitrogen and oxygen atoms in total. The molecule has 0 unspecified atom stereocenters. The van der Waals surface area contributed by atoms with Crippen molar-refractivity contribution >= 4 is 14.4 Å². The molecule has 16 heavy (non-hydrogen) atoms. The lowest BCUT2D eigenvalue weighted by Gasteiger charge is -2.22. The van der Waals surface area contributed by atoms with Crippen molar-refractivity contribution in [3.63, 3.8) is 0 Å². The highest BCUT2D eigenvalue weighted by molar-refractivity contribution is 6.65. The van der Waals surface area contributed by atoms with Gasteiger partial charge in [-0.2, -0.15) is 0 Å². The molecule has 0 aliphatic rings. The van der Waals surface area contributed by atoms with Crippen molar-refractivity contribution in [2.24, 2.45) is 10.7 Å². The van der Waals surface area contributed by atoms with E-state index in [0.29, 0.717) is 5.84 Å². The van der Waals surface area contributed by atoms with E-state index in [1.54, 1.807) is 14.2 Å². The second-order valence-corrected chi connectivity index (χ2v) is 7.81. The molecule has 0 bridgehead atoms. The van der Waals surface area contributed by atoms with Crippen molar-refractivity contribution in [1.82, 2.24) is 0 Å². The van der Waals surface area contributed by atoms with Crippen LogP contribution in [0.2, 0.25) is 12.6 Å². The number of amidine groups is 1. The Morgan fingerprint density at radius 1 is 1.12 bits per heavy atom. The summed E-state index contributed by atoms with van der Waals surface area (Å²) < 4.78 is 10.8. The maximum atomic E-state index is 5.45. The van der Waals surface area contributed by atoms with Crippen LogP contribution in [0.25, 0.3) is 0 Å². The minimum Gasteiger partial charge on any atom is -0.398 e. The SMILES string of the molecule is CO[Si](C)(CCCCCCN=C(C)N)OC. The Labute approximate surface area is 100 Å². The van der Waals surface area contributed by atoms with Gasteiger partial charge in [-0.15, -0.1) is 0 Å². The largest absolute Gasteiger partial charge is 0.398 e. The molecule has 0 saturated heterocycles.